The fraction of sp³-hybridized carbons (Fsp3) is 0.200. The van der Waals surface area contributed by atoms with Crippen LogP contribution in [0, 0.1) is 11.8 Å². The molecule has 0 aliphatic carbocycles. The molecule has 0 aliphatic rings. The normalized spacial score (nSPS) is 10.9. The Morgan fingerprint density at radius 2 is 2.30 bits per heavy atom. The molecule has 0 saturated heterocycles. The van der Waals surface area contributed by atoms with Gasteiger partial charge in [-0.3, -0.25) is 9.40 Å². The zero-order chi connectivity index (χ0) is 14.8. The number of aromatic nitrogens is 3. The lowest BCUT2D eigenvalue weighted by atomic mass is 10.5. The zero-order valence-corrected chi connectivity index (χ0v) is 12.7. The Balaban J connectivity index is 2.27. The molecule has 0 unspecified atom stereocenters. The van der Waals surface area contributed by atoms with Gasteiger partial charge in [-0.15, -0.1) is 0 Å². The van der Waals surface area contributed by atoms with Crippen molar-refractivity contribution in [3.63, 3.8) is 0 Å². The van der Waals surface area contributed by atoms with E-state index in [1.165, 1.54) is 24.1 Å². The predicted octanol–water partition coefficient (Wildman–Crippen LogP) is 0.641. The van der Waals surface area contributed by atoms with Crippen LogP contribution in [0.15, 0.2) is 17.4 Å². The van der Waals surface area contributed by atoms with Gasteiger partial charge in [-0.1, -0.05) is 34.8 Å². The Bertz CT molecular complexity index is 765. The Kier molecular flexibility index (Phi) is 4.29. The summed E-state index contributed by atoms with van der Waals surface area (Å²) in [4.78, 5) is 4.55. The average Bonchev–Trinajstić information content (AvgIpc) is 2.93. The SMILES string of the molecule is Cn1ncc(Cl)c1S(=O)(=O)Nc1ncc(C#CCN)s1. The van der Waals surface area contributed by atoms with Gasteiger partial charge in [0.25, 0.3) is 10.0 Å². The second-order valence-corrected chi connectivity index (χ2v) is 6.60. The molecule has 10 heteroatoms. The maximum atomic E-state index is 12.2. The molecule has 3 N–H and O–H groups in total. The van der Waals surface area contributed by atoms with E-state index in [-0.39, 0.29) is 21.7 Å². The molecule has 2 rings (SSSR count). The first-order chi connectivity index (χ1) is 9.44. The highest BCUT2D eigenvalue weighted by Gasteiger charge is 2.23. The van der Waals surface area contributed by atoms with Gasteiger partial charge in [-0.2, -0.15) is 13.5 Å². The minimum absolute atomic E-state index is 0.0414. The van der Waals surface area contributed by atoms with Crippen LogP contribution in [-0.4, -0.2) is 29.7 Å². The van der Waals surface area contributed by atoms with E-state index in [2.05, 4.69) is 26.6 Å². The van der Waals surface area contributed by atoms with Crippen molar-refractivity contribution >= 4 is 38.1 Å². The molecule has 0 saturated carbocycles. The van der Waals surface area contributed by atoms with Crippen LogP contribution in [0.25, 0.3) is 0 Å². The van der Waals surface area contributed by atoms with Crippen molar-refractivity contribution in [3.8, 4) is 11.8 Å². The van der Waals surface area contributed by atoms with E-state index in [4.69, 9.17) is 17.3 Å². The molecular formula is C10H10ClN5O2S2. The quantitative estimate of drug-likeness (QED) is 0.803. The summed E-state index contributed by atoms with van der Waals surface area (Å²) >= 11 is 6.92. The van der Waals surface area contributed by atoms with E-state index in [9.17, 15) is 8.42 Å². The summed E-state index contributed by atoms with van der Waals surface area (Å²) in [7, 11) is -2.36. The zero-order valence-electron chi connectivity index (χ0n) is 10.3. The van der Waals surface area contributed by atoms with Gasteiger partial charge in [-0.05, 0) is 0 Å². The van der Waals surface area contributed by atoms with Crippen LogP contribution >= 0.6 is 22.9 Å². The van der Waals surface area contributed by atoms with Gasteiger partial charge >= 0.3 is 0 Å². The first-order valence-corrected chi connectivity index (χ1v) is 7.97. The number of nitrogens with zero attached hydrogens (tertiary/aromatic N) is 3. The third-order valence-electron chi connectivity index (χ3n) is 2.14. The van der Waals surface area contributed by atoms with Crippen LogP contribution in [0.5, 0.6) is 0 Å². The van der Waals surface area contributed by atoms with Crippen LogP contribution in [-0.2, 0) is 17.1 Å². The van der Waals surface area contributed by atoms with Crippen molar-refractivity contribution < 1.29 is 8.42 Å². The fourth-order valence-electron chi connectivity index (χ4n) is 1.38. The van der Waals surface area contributed by atoms with E-state index in [0.29, 0.717) is 4.88 Å². The largest absolute Gasteiger partial charge is 0.320 e. The van der Waals surface area contributed by atoms with E-state index < -0.39 is 10.0 Å². The lowest BCUT2D eigenvalue weighted by Crippen LogP contribution is -2.16. The number of hydrogen-bond acceptors (Lipinski definition) is 6. The van der Waals surface area contributed by atoms with Crippen LogP contribution < -0.4 is 10.5 Å². The average molecular weight is 332 g/mol. The predicted molar refractivity (Wildman–Crippen MR) is 77.1 cm³/mol. The number of nitrogens with two attached hydrogens (primary N) is 1. The first kappa shape index (κ1) is 14.8. The lowest BCUT2D eigenvalue weighted by molar-refractivity contribution is 0.582. The molecule has 2 heterocycles. The molecule has 0 amide bonds. The van der Waals surface area contributed by atoms with Gasteiger partial charge in [0.1, 0.15) is 0 Å². The number of rotatable bonds is 3. The molecule has 0 atom stereocenters. The number of sulfonamides is 1. The summed E-state index contributed by atoms with van der Waals surface area (Å²) in [5.74, 6) is 5.43. The second-order valence-electron chi connectivity index (χ2n) is 3.56. The molecule has 0 aromatic carbocycles. The maximum Gasteiger partial charge on any atom is 0.282 e. The van der Waals surface area contributed by atoms with Crippen molar-refractivity contribution in [1.29, 1.82) is 0 Å². The highest BCUT2D eigenvalue weighted by molar-refractivity contribution is 7.93. The number of halogens is 1. The Hall–Kier alpha value is -1.60. The number of nitrogens with one attached hydrogen (secondary N) is 1. The summed E-state index contributed by atoms with van der Waals surface area (Å²) in [6.07, 6.45) is 2.73. The Morgan fingerprint density at radius 3 is 2.90 bits per heavy atom. The topological polar surface area (TPSA) is 103 Å². The lowest BCUT2D eigenvalue weighted by Gasteiger charge is -2.05. The van der Waals surface area contributed by atoms with Crippen molar-refractivity contribution in [1.82, 2.24) is 14.8 Å². The van der Waals surface area contributed by atoms with Crippen LogP contribution in [0.4, 0.5) is 5.13 Å². The van der Waals surface area contributed by atoms with Crippen molar-refractivity contribution in [3.05, 3.63) is 22.3 Å². The third-order valence-corrected chi connectivity index (χ3v) is 4.94. The Morgan fingerprint density at radius 1 is 1.55 bits per heavy atom. The molecule has 2 aromatic rings. The third kappa shape index (κ3) is 3.10. The second kappa shape index (κ2) is 5.80. The van der Waals surface area contributed by atoms with Gasteiger partial charge in [0.2, 0.25) is 0 Å². The van der Waals surface area contributed by atoms with Crippen molar-refractivity contribution in [2.75, 3.05) is 11.3 Å². The Labute approximate surface area is 124 Å². The summed E-state index contributed by atoms with van der Waals surface area (Å²) in [6, 6.07) is 0. The molecule has 106 valence electrons. The number of aryl methyl sites for hydroxylation is 1. The molecule has 20 heavy (non-hydrogen) atoms. The highest BCUT2D eigenvalue weighted by Crippen LogP contribution is 2.24. The summed E-state index contributed by atoms with van der Waals surface area (Å²) < 4.78 is 27.9. The summed E-state index contributed by atoms with van der Waals surface area (Å²) in [5.41, 5.74) is 5.26. The van der Waals surface area contributed by atoms with Gasteiger partial charge in [-0.25, -0.2) is 4.98 Å². The fourth-order valence-corrected chi connectivity index (χ4v) is 3.97. The van der Waals surface area contributed by atoms with Gasteiger partial charge in [0.05, 0.1) is 28.8 Å². The molecule has 7 nitrogen and oxygen atoms in total. The number of hydrogen-bond donors (Lipinski definition) is 2. The molecular weight excluding hydrogens is 322 g/mol. The summed E-state index contributed by atoms with van der Waals surface area (Å²) in [5, 5.41) is 3.90. The molecule has 0 fully saturated rings. The van der Waals surface area contributed by atoms with Gasteiger partial charge in [0.15, 0.2) is 10.2 Å². The van der Waals surface area contributed by atoms with E-state index in [1.807, 2.05) is 0 Å². The molecule has 0 aliphatic heterocycles. The first-order valence-electron chi connectivity index (χ1n) is 5.29. The number of anilines is 1. The molecule has 0 bridgehead atoms. The smallest absolute Gasteiger partial charge is 0.282 e. The van der Waals surface area contributed by atoms with Crippen molar-refractivity contribution in [2.24, 2.45) is 12.8 Å². The van der Waals surface area contributed by atoms with Gasteiger partial charge in [0, 0.05) is 7.05 Å². The maximum absolute atomic E-state index is 12.2. The van der Waals surface area contributed by atoms with Crippen LogP contribution in [0.2, 0.25) is 5.02 Å². The molecule has 2 aromatic heterocycles. The highest BCUT2D eigenvalue weighted by atomic mass is 35.5. The van der Waals surface area contributed by atoms with Gasteiger partial charge < -0.3 is 5.73 Å². The van der Waals surface area contributed by atoms with E-state index in [0.717, 1.165) is 11.3 Å². The number of thiazole rings is 1. The van der Waals surface area contributed by atoms with Crippen LogP contribution in [0.3, 0.4) is 0 Å². The van der Waals surface area contributed by atoms with E-state index in [1.54, 1.807) is 0 Å². The monoisotopic (exact) mass is 331 g/mol. The standard InChI is InChI=1S/C10H10ClN5O2S2/c1-16-9(8(11)6-14-16)20(17,18)15-10-13-5-7(19-10)3-2-4-12/h5-6H,4,12H2,1H3,(H,13,15). The van der Waals surface area contributed by atoms with E-state index >= 15 is 0 Å². The summed E-state index contributed by atoms with van der Waals surface area (Å²) in [6.45, 7) is 0.226. The van der Waals surface area contributed by atoms with Crippen molar-refractivity contribution in [2.45, 2.75) is 5.03 Å². The minimum Gasteiger partial charge on any atom is -0.320 e. The molecule has 0 spiro atoms. The minimum atomic E-state index is -3.84. The van der Waals surface area contributed by atoms with Crippen LogP contribution in [0.1, 0.15) is 4.88 Å². The molecule has 0 radical (unpaired) electrons.